The van der Waals surface area contributed by atoms with Gasteiger partial charge in [-0.3, -0.25) is 4.79 Å². The van der Waals surface area contributed by atoms with Crippen LogP contribution in [0.4, 0.5) is 10.1 Å². The van der Waals surface area contributed by atoms with Gasteiger partial charge < -0.3 is 16.2 Å². The quantitative estimate of drug-likeness (QED) is 0.679. The van der Waals surface area contributed by atoms with Crippen molar-refractivity contribution in [3.8, 4) is 5.75 Å². The lowest BCUT2D eigenvalue weighted by atomic mass is 9.93. The summed E-state index contributed by atoms with van der Waals surface area (Å²) in [4.78, 5) is 20.2. The fourth-order valence-corrected chi connectivity index (χ4v) is 4.68. The molecule has 0 aliphatic carbocycles. The first-order valence-corrected chi connectivity index (χ1v) is 9.99. The van der Waals surface area contributed by atoms with Gasteiger partial charge in [-0.15, -0.1) is 0 Å². The highest BCUT2D eigenvalue weighted by atomic mass is 32.2. The summed E-state index contributed by atoms with van der Waals surface area (Å²) in [5.41, 5.74) is 4.09. The van der Waals surface area contributed by atoms with Crippen LogP contribution in [0, 0.1) is 5.82 Å². The second-order valence-electron chi connectivity index (χ2n) is 6.54. The Bertz CT molecular complexity index is 1170. The third kappa shape index (κ3) is 3.99. The maximum absolute atomic E-state index is 14.7. The average molecular weight is 423 g/mol. The summed E-state index contributed by atoms with van der Waals surface area (Å²) in [7, 11) is -4.27. The van der Waals surface area contributed by atoms with Crippen molar-refractivity contribution in [2.45, 2.75) is 19.4 Å². The zero-order valence-corrected chi connectivity index (χ0v) is 16.4. The number of rotatable bonds is 4. The van der Waals surface area contributed by atoms with Crippen molar-refractivity contribution < 1.29 is 25.5 Å². The van der Waals surface area contributed by atoms with Gasteiger partial charge in [-0.1, -0.05) is 0 Å². The zero-order valence-electron chi connectivity index (χ0n) is 17.5. The summed E-state index contributed by atoms with van der Waals surface area (Å²) >= 11 is 0. The Hall–Kier alpha value is -3.21. The number of carbonyl (C=O) groups is 1. The van der Waals surface area contributed by atoms with Crippen molar-refractivity contribution in [3.05, 3.63) is 53.6 Å². The Labute approximate surface area is 169 Å². The minimum atomic E-state index is -4.27. The Morgan fingerprint density at radius 2 is 2.17 bits per heavy atom. The monoisotopic (exact) mass is 423 g/mol. The molecule has 4 N–H and O–H groups in total. The normalized spacial score (nSPS) is 22.3. The van der Waals surface area contributed by atoms with E-state index in [1.807, 2.05) is 0 Å². The highest BCUT2D eigenvalue weighted by Gasteiger charge is 2.42. The first kappa shape index (κ1) is 17.9. The molecular weight excluding hydrogens is 401 g/mol. The summed E-state index contributed by atoms with van der Waals surface area (Å²) in [5.74, 6) is -2.87. The van der Waals surface area contributed by atoms with Crippen LogP contribution in [0.1, 0.15) is 32.6 Å². The third-order valence-electron chi connectivity index (χ3n) is 4.30. The predicted molar refractivity (Wildman–Crippen MR) is 105 cm³/mol. The molecule has 2 heterocycles. The number of aromatic nitrogens is 1. The first-order chi connectivity index (χ1) is 14.2. The molecule has 0 radical (unpaired) electrons. The molecule has 1 aliphatic rings. The lowest BCUT2D eigenvalue weighted by molar-refractivity contribution is 0.102. The number of sulfonamides is 1. The second-order valence-corrected chi connectivity index (χ2v) is 8.36. The van der Waals surface area contributed by atoms with Crippen LogP contribution >= 0.6 is 0 Å². The molecule has 0 fully saturated rings. The molecule has 0 unspecified atom stereocenters. The Kier molecular flexibility index (Phi) is 4.51. The van der Waals surface area contributed by atoms with E-state index in [0.29, 0.717) is 4.31 Å². The van der Waals surface area contributed by atoms with Crippen LogP contribution in [-0.2, 0) is 15.6 Å². The van der Waals surface area contributed by atoms with E-state index in [-0.39, 0.29) is 22.7 Å². The van der Waals surface area contributed by atoms with Gasteiger partial charge in [-0.25, -0.2) is 27.1 Å². The van der Waals surface area contributed by atoms with Crippen molar-refractivity contribution in [3.63, 3.8) is 0 Å². The molecule has 9 nitrogen and oxygen atoms in total. The lowest BCUT2D eigenvalue weighted by Crippen LogP contribution is -2.52. The largest absolute Gasteiger partial charge is 0.506 e. The molecule has 1 aromatic heterocycles. The predicted octanol–water partition coefficient (Wildman–Crippen LogP) is 1.37. The Morgan fingerprint density at radius 3 is 2.76 bits per heavy atom. The average Bonchev–Trinajstić information content (AvgIpc) is 2.60. The number of amides is 1. The highest BCUT2D eigenvalue weighted by molar-refractivity contribution is 7.89. The van der Waals surface area contributed by atoms with Crippen molar-refractivity contribution in [1.82, 2.24) is 9.29 Å². The zero-order chi connectivity index (χ0) is 23.2. The van der Waals surface area contributed by atoms with E-state index in [9.17, 15) is 22.7 Å². The molecule has 11 heteroatoms. The maximum Gasteiger partial charge on any atom is 0.274 e. The number of nitrogens with one attached hydrogen (secondary N) is 1. The molecule has 1 aromatic carbocycles. The molecule has 29 heavy (non-hydrogen) atoms. The van der Waals surface area contributed by atoms with Gasteiger partial charge in [-0.05, 0) is 44.2 Å². The Morgan fingerprint density at radius 1 is 1.45 bits per heavy atom. The molecule has 1 amide bonds. The first-order valence-electron chi connectivity index (χ1n) is 9.38. The standard InChI is InChI=1S/C18H20FN5O4S/c1-3-24-17(20)23-18(2,10-29(24,27)28)13-8-11(4-6-14(13)19)22-16(26)15-7-5-12(25)9-21-15/h4-9,25H,3,10H2,1-2H3,(H2,20,23)(H,22,26)/t18-/m0/s1/i3D2. The van der Waals surface area contributed by atoms with Crippen LogP contribution < -0.4 is 11.1 Å². The van der Waals surface area contributed by atoms with Crippen molar-refractivity contribution in [1.29, 1.82) is 0 Å². The molecule has 1 atom stereocenters. The highest BCUT2D eigenvalue weighted by Crippen LogP contribution is 2.35. The van der Waals surface area contributed by atoms with Crippen LogP contribution in [0.3, 0.4) is 0 Å². The van der Waals surface area contributed by atoms with Gasteiger partial charge in [-0.2, -0.15) is 0 Å². The van der Waals surface area contributed by atoms with Crippen LogP contribution in [0.5, 0.6) is 5.75 Å². The van der Waals surface area contributed by atoms with Crippen molar-refractivity contribution in [2.24, 2.45) is 10.7 Å². The molecule has 0 bridgehead atoms. The molecule has 154 valence electrons. The molecule has 3 rings (SSSR count). The number of carbonyl (C=O) groups excluding carboxylic acids is 1. The number of nitrogens with zero attached hydrogens (tertiary/aromatic N) is 3. The van der Waals surface area contributed by atoms with Crippen molar-refractivity contribution in [2.75, 3.05) is 17.6 Å². The van der Waals surface area contributed by atoms with Gasteiger partial charge in [0.1, 0.15) is 22.8 Å². The van der Waals surface area contributed by atoms with Gasteiger partial charge in [0.2, 0.25) is 16.0 Å². The number of pyridine rings is 1. The number of guanidine groups is 1. The van der Waals surface area contributed by atoms with Gasteiger partial charge in [0.15, 0.2) is 0 Å². The fraction of sp³-hybridized carbons (Fsp3) is 0.278. The van der Waals surface area contributed by atoms with Gasteiger partial charge in [0.25, 0.3) is 5.91 Å². The maximum atomic E-state index is 14.7. The lowest BCUT2D eigenvalue weighted by Gasteiger charge is -2.36. The van der Waals surface area contributed by atoms with Crippen LogP contribution in [-0.4, -0.2) is 46.9 Å². The summed E-state index contributed by atoms with van der Waals surface area (Å²) in [5, 5.41) is 11.8. The number of anilines is 1. The van der Waals surface area contributed by atoms with E-state index in [4.69, 9.17) is 8.48 Å². The summed E-state index contributed by atoms with van der Waals surface area (Å²) in [6.07, 6.45) is 1.09. The number of aromatic hydroxyl groups is 1. The number of hydrogen-bond donors (Lipinski definition) is 3. The number of hydrogen-bond acceptors (Lipinski definition) is 7. The third-order valence-corrected chi connectivity index (χ3v) is 6.15. The SMILES string of the molecule is [2H]C([2H])(C)N1C(N)=N[C@](C)(c2cc(NC(=O)c3ccc(O)cn3)ccc2F)CS1(=O)=O. The topological polar surface area (TPSA) is 138 Å². The van der Waals surface area contributed by atoms with E-state index in [2.05, 4.69) is 15.3 Å². The van der Waals surface area contributed by atoms with Gasteiger partial charge in [0, 0.05) is 17.7 Å². The van der Waals surface area contributed by atoms with Crippen LogP contribution in [0.15, 0.2) is 41.5 Å². The molecule has 2 aromatic rings. The smallest absolute Gasteiger partial charge is 0.274 e. The van der Waals surface area contributed by atoms with Gasteiger partial charge >= 0.3 is 0 Å². The minimum Gasteiger partial charge on any atom is -0.506 e. The van der Waals surface area contributed by atoms with Crippen molar-refractivity contribution >= 4 is 27.6 Å². The number of halogens is 1. The molecule has 1 aliphatic heterocycles. The minimum absolute atomic E-state index is 0.00165. The van der Waals surface area contributed by atoms with E-state index in [1.165, 1.54) is 31.2 Å². The number of benzene rings is 1. The fourth-order valence-electron chi connectivity index (χ4n) is 3.02. The second kappa shape index (κ2) is 7.32. The van der Waals surface area contributed by atoms with E-state index in [1.54, 1.807) is 0 Å². The molecule has 0 spiro atoms. The van der Waals surface area contributed by atoms with Crippen LogP contribution in [0.25, 0.3) is 0 Å². The molecule has 0 saturated carbocycles. The Balaban J connectivity index is 1.99. The van der Waals surface area contributed by atoms with Gasteiger partial charge in [0.05, 0.1) is 14.7 Å². The summed E-state index contributed by atoms with van der Waals surface area (Å²) in [6.45, 7) is 0.0362. The van der Waals surface area contributed by atoms with E-state index >= 15 is 0 Å². The molecule has 0 saturated heterocycles. The van der Waals surface area contributed by atoms with Crippen LogP contribution in [0.2, 0.25) is 0 Å². The summed E-state index contributed by atoms with van der Waals surface area (Å²) < 4.78 is 55.9. The summed E-state index contributed by atoms with van der Waals surface area (Å²) in [6, 6.07) is 6.13. The van der Waals surface area contributed by atoms with E-state index in [0.717, 1.165) is 19.2 Å². The number of aliphatic imine (C=N–C) groups is 1. The molecular formula is C18H20FN5O4S. The number of nitrogens with two attached hydrogens (primary N) is 1. The van der Waals surface area contributed by atoms with E-state index < -0.39 is 45.5 Å².